The van der Waals surface area contributed by atoms with Gasteiger partial charge in [0.05, 0.1) is 6.61 Å². The fraction of sp³-hybridized carbons (Fsp3) is 0.368. The lowest BCUT2D eigenvalue weighted by Gasteiger charge is -2.11. The van der Waals surface area contributed by atoms with Crippen LogP contribution in [0.15, 0.2) is 54.6 Å². The quantitative estimate of drug-likeness (QED) is 0.665. The molecule has 0 radical (unpaired) electrons. The summed E-state index contributed by atoms with van der Waals surface area (Å²) in [5, 5.41) is 0. The third-order valence-corrected chi connectivity index (χ3v) is 3.55. The highest BCUT2D eigenvalue weighted by Gasteiger charge is 2.04. The van der Waals surface area contributed by atoms with Gasteiger partial charge in [0.15, 0.2) is 11.1 Å². The van der Waals surface area contributed by atoms with E-state index in [9.17, 15) is 4.21 Å². The lowest BCUT2D eigenvalue weighted by Crippen LogP contribution is -2.01. The van der Waals surface area contributed by atoms with Gasteiger partial charge in [-0.3, -0.25) is 4.18 Å². The molecule has 3 nitrogen and oxygen atoms in total. The number of para-hydroxylation sites is 1. The Labute approximate surface area is 142 Å². The molecular formula is C19H26O3S. The van der Waals surface area contributed by atoms with Gasteiger partial charge in [0.25, 0.3) is 0 Å². The number of hydrogen-bond acceptors (Lipinski definition) is 3. The van der Waals surface area contributed by atoms with E-state index < -0.39 is 11.1 Å². The molecule has 0 aliphatic rings. The summed E-state index contributed by atoms with van der Waals surface area (Å²) >= 11 is -1.19. The molecule has 0 aromatic heterocycles. The predicted molar refractivity (Wildman–Crippen MR) is 96.9 cm³/mol. The molecule has 0 aliphatic carbocycles. The zero-order chi connectivity index (χ0) is 16.9. The molecule has 126 valence electrons. The first-order valence-electron chi connectivity index (χ1n) is 7.97. The van der Waals surface area contributed by atoms with Gasteiger partial charge in [-0.1, -0.05) is 62.4 Å². The largest absolute Gasteiger partial charge is 0.489 e. The van der Waals surface area contributed by atoms with Gasteiger partial charge in [0, 0.05) is 6.26 Å². The summed E-state index contributed by atoms with van der Waals surface area (Å²) in [6.45, 7) is 5.06. The van der Waals surface area contributed by atoms with E-state index >= 15 is 0 Å². The summed E-state index contributed by atoms with van der Waals surface area (Å²) in [6.07, 6.45) is 3.21. The molecule has 0 spiro atoms. The SMILES string of the molecule is CC.CS(=O)OCCCc1ccccc1OCc1ccccc1. The van der Waals surface area contributed by atoms with Gasteiger partial charge in [0.1, 0.15) is 12.4 Å². The molecule has 2 aromatic carbocycles. The Morgan fingerprint density at radius 3 is 2.30 bits per heavy atom. The average Bonchev–Trinajstić information content (AvgIpc) is 2.60. The van der Waals surface area contributed by atoms with Crippen molar-refractivity contribution in [2.45, 2.75) is 33.3 Å². The molecule has 1 atom stereocenters. The summed E-state index contributed by atoms with van der Waals surface area (Å²) in [5.74, 6) is 0.902. The van der Waals surface area contributed by atoms with Crippen molar-refractivity contribution >= 4 is 11.1 Å². The van der Waals surface area contributed by atoms with Gasteiger partial charge in [-0.15, -0.1) is 0 Å². The Hall–Kier alpha value is -1.65. The maximum atomic E-state index is 10.8. The first-order chi connectivity index (χ1) is 11.3. The lowest BCUT2D eigenvalue weighted by atomic mass is 10.1. The van der Waals surface area contributed by atoms with Crippen LogP contribution in [-0.2, 0) is 28.3 Å². The molecule has 1 unspecified atom stereocenters. The van der Waals surface area contributed by atoms with E-state index in [1.807, 2.05) is 62.4 Å². The maximum Gasteiger partial charge on any atom is 0.152 e. The van der Waals surface area contributed by atoms with Crippen molar-refractivity contribution in [1.29, 1.82) is 0 Å². The van der Waals surface area contributed by atoms with E-state index in [0.717, 1.165) is 29.7 Å². The fourth-order valence-electron chi connectivity index (χ4n) is 2.03. The van der Waals surface area contributed by atoms with Crippen molar-refractivity contribution in [3.63, 3.8) is 0 Å². The fourth-order valence-corrected chi connectivity index (χ4v) is 2.38. The standard InChI is InChI=1S/C17H20O3S.C2H6/c1-21(18)20-13-7-11-16-10-5-6-12-17(16)19-14-15-8-3-2-4-9-15;1-2/h2-6,8-10,12H,7,11,13-14H2,1H3;1-2H3. The molecule has 0 heterocycles. The summed E-state index contributed by atoms with van der Waals surface area (Å²) in [5.41, 5.74) is 2.30. The third-order valence-electron chi connectivity index (χ3n) is 3.05. The number of ether oxygens (including phenoxy) is 1. The highest BCUT2D eigenvalue weighted by Crippen LogP contribution is 2.21. The van der Waals surface area contributed by atoms with Crippen molar-refractivity contribution in [1.82, 2.24) is 0 Å². The summed E-state index contributed by atoms with van der Waals surface area (Å²) in [6, 6.07) is 18.1. The Kier molecular flexibility index (Phi) is 10.00. The van der Waals surface area contributed by atoms with E-state index in [2.05, 4.69) is 6.07 Å². The molecule has 0 saturated carbocycles. The van der Waals surface area contributed by atoms with E-state index in [1.165, 1.54) is 6.26 Å². The zero-order valence-corrected chi connectivity index (χ0v) is 15.0. The van der Waals surface area contributed by atoms with Crippen molar-refractivity contribution in [2.24, 2.45) is 0 Å². The second-order valence-electron chi connectivity index (χ2n) is 4.71. The summed E-state index contributed by atoms with van der Waals surface area (Å²) < 4.78 is 21.8. The van der Waals surface area contributed by atoms with Crippen LogP contribution in [0.1, 0.15) is 31.4 Å². The van der Waals surface area contributed by atoms with Crippen LogP contribution in [-0.4, -0.2) is 17.1 Å². The summed E-state index contributed by atoms with van der Waals surface area (Å²) in [7, 11) is 0. The monoisotopic (exact) mass is 334 g/mol. The highest BCUT2D eigenvalue weighted by molar-refractivity contribution is 7.79. The minimum Gasteiger partial charge on any atom is -0.489 e. The number of benzene rings is 2. The Morgan fingerprint density at radius 1 is 0.957 bits per heavy atom. The van der Waals surface area contributed by atoms with E-state index in [0.29, 0.717) is 13.2 Å². The van der Waals surface area contributed by atoms with Gasteiger partial charge in [-0.25, -0.2) is 4.21 Å². The van der Waals surface area contributed by atoms with Gasteiger partial charge in [-0.2, -0.15) is 0 Å². The number of aryl methyl sites for hydroxylation is 1. The predicted octanol–water partition coefficient (Wildman–Crippen LogP) is 4.53. The number of rotatable bonds is 8. The van der Waals surface area contributed by atoms with Crippen LogP contribution >= 0.6 is 0 Å². The normalized spacial score (nSPS) is 11.3. The first-order valence-corrected chi connectivity index (χ1v) is 9.45. The van der Waals surface area contributed by atoms with Crippen molar-refractivity contribution in [3.05, 3.63) is 65.7 Å². The first kappa shape index (κ1) is 19.4. The smallest absolute Gasteiger partial charge is 0.152 e. The van der Waals surface area contributed by atoms with Crippen LogP contribution in [0.2, 0.25) is 0 Å². The Bertz CT molecular complexity index is 570. The minimum absolute atomic E-state index is 0.496. The second kappa shape index (κ2) is 11.9. The minimum atomic E-state index is -1.19. The van der Waals surface area contributed by atoms with Crippen LogP contribution in [0.4, 0.5) is 0 Å². The molecule has 0 N–H and O–H groups in total. The van der Waals surface area contributed by atoms with Crippen molar-refractivity contribution < 1.29 is 13.1 Å². The van der Waals surface area contributed by atoms with Gasteiger partial charge >= 0.3 is 0 Å². The molecule has 0 saturated heterocycles. The van der Waals surface area contributed by atoms with Crippen molar-refractivity contribution in [3.8, 4) is 5.75 Å². The molecule has 23 heavy (non-hydrogen) atoms. The van der Waals surface area contributed by atoms with Crippen LogP contribution < -0.4 is 4.74 Å². The van der Waals surface area contributed by atoms with E-state index in [-0.39, 0.29) is 0 Å². The van der Waals surface area contributed by atoms with Gasteiger partial charge in [0.2, 0.25) is 0 Å². The van der Waals surface area contributed by atoms with Crippen molar-refractivity contribution in [2.75, 3.05) is 12.9 Å². The zero-order valence-electron chi connectivity index (χ0n) is 14.2. The maximum absolute atomic E-state index is 10.8. The van der Waals surface area contributed by atoms with Gasteiger partial charge in [-0.05, 0) is 30.0 Å². The molecule has 0 bridgehead atoms. The van der Waals surface area contributed by atoms with E-state index in [4.69, 9.17) is 8.92 Å². The second-order valence-corrected chi connectivity index (χ2v) is 5.75. The van der Waals surface area contributed by atoms with Gasteiger partial charge < -0.3 is 4.74 Å². The molecule has 0 aliphatic heterocycles. The Balaban J connectivity index is 0.00000127. The molecular weight excluding hydrogens is 308 g/mol. The molecule has 2 rings (SSSR count). The lowest BCUT2D eigenvalue weighted by molar-refractivity contribution is 0.300. The van der Waals surface area contributed by atoms with E-state index in [1.54, 1.807) is 0 Å². The topological polar surface area (TPSA) is 35.5 Å². The third kappa shape index (κ3) is 7.95. The molecule has 0 fully saturated rings. The molecule has 0 amide bonds. The summed E-state index contributed by atoms with van der Waals surface area (Å²) in [4.78, 5) is 0. The van der Waals surface area contributed by atoms with Crippen LogP contribution in [0.5, 0.6) is 5.75 Å². The van der Waals surface area contributed by atoms with Crippen LogP contribution in [0.3, 0.4) is 0 Å². The molecule has 2 aromatic rings. The average molecular weight is 334 g/mol. The number of hydrogen-bond donors (Lipinski definition) is 0. The Morgan fingerprint density at radius 2 is 1.61 bits per heavy atom. The van der Waals surface area contributed by atoms with Crippen LogP contribution in [0.25, 0.3) is 0 Å². The highest BCUT2D eigenvalue weighted by atomic mass is 32.2. The van der Waals surface area contributed by atoms with Crippen LogP contribution in [0, 0.1) is 0 Å². The molecule has 4 heteroatoms.